The molecule has 1 saturated heterocycles. The second kappa shape index (κ2) is 4.14. The standard InChI is InChI=1S/C9H19N3O2/c1-7(8(10)11-14)12-5-3-9(2,13)4-6-12/h7,13-14H,3-6H2,1-2H3,(H2,10,11). The predicted molar refractivity (Wildman–Crippen MR) is 54.3 cm³/mol. The molecule has 5 nitrogen and oxygen atoms in total. The zero-order chi connectivity index (χ0) is 10.8. The maximum Gasteiger partial charge on any atom is 0.156 e. The van der Waals surface area contributed by atoms with Crippen molar-refractivity contribution in [2.24, 2.45) is 10.9 Å². The van der Waals surface area contributed by atoms with Gasteiger partial charge in [0.15, 0.2) is 5.84 Å². The zero-order valence-electron chi connectivity index (χ0n) is 8.77. The van der Waals surface area contributed by atoms with Crippen molar-refractivity contribution in [1.29, 1.82) is 0 Å². The quantitative estimate of drug-likeness (QED) is 0.253. The molecule has 4 N–H and O–H groups in total. The smallest absolute Gasteiger partial charge is 0.156 e. The van der Waals surface area contributed by atoms with E-state index in [-0.39, 0.29) is 11.9 Å². The summed E-state index contributed by atoms with van der Waals surface area (Å²) in [7, 11) is 0. The lowest BCUT2D eigenvalue weighted by molar-refractivity contribution is -0.00872. The first kappa shape index (κ1) is 11.3. The Balaban J connectivity index is 2.50. The molecule has 0 aliphatic carbocycles. The van der Waals surface area contributed by atoms with Gasteiger partial charge in [-0.2, -0.15) is 0 Å². The van der Waals surface area contributed by atoms with E-state index in [4.69, 9.17) is 10.9 Å². The average Bonchev–Trinajstić information content (AvgIpc) is 2.15. The van der Waals surface area contributed by atoms with Gasteiger partial charge in [-0.3, -0.25) is 4.90 Å². The van der Waals surface area contributed by atoms with Gasteiger partial charge in [0.25, 0.3) is 0 Å². The fourth-order valence-electron chi connectivity index (χ4n) is 1.66. The van der Waals surface area contributed by atoms with Gasteiger partial charge in [0.05, 0.1) is 11.6 Å². The molecule has 0 spiro atoms. The summed E-state index contributed by atoms with van der Waals surface area (Å²) in [5, 5.41) is 21.2. The minimum atomic E-state index is -0.554. The minimum Gasteiger partial charge on any atom is -0.409 e. The summed E-state index contributed by atoms with van der Waals surface area (Å²) in [6.07, 6.45) is 1.46. The van der Waals surface area contributed by atoms with Crippen LogP contribution in [0.1, 0.15) is 26.7 Å². The Labute approximate surface area is 84.2 Å². The van der Waals surface area contributed by atoms with Crippen LogP contribution in [0.3, 0.4) is 0 Å². The van der Waals surface area contributed by atoms with E-state index in [0.29, 0.717) is 0 Å². The summed E-state index contributed by atoms with van der Waals surface area (Å²) in [6.45, 7) is 5.31. The normalized spacial score (nSPS) is 26.1. The largest absolute Gasteiger partial charge is 0.409 e. The Kier molecular flexibility index (Phi) is 3.34. The van der Waals surface area contributed by atoms with Crippen LogP contribution in [-0.2, 0) is 0 Å². The molecular formula is C9H19N3O2. The van der Waals surface area contributed by atoms with Crippen LogP contribution < -0.4 is 5.73 Å². The first-order valence-corrected chi connectivity index (χ1v) is 4.90. The number of hydrogen-bond donors (Lipinski definition) is 3. The zero-order valence-corrected chi connectivity index (χ0v) is 8.77. The van der Waals surface area contributed by atoms with E-state index in [1.54, 1.807) is 0 Å². The second-order valence-electron chi connectivity index (χ2n) is 4.23. The number of likely N-dealkylation sites (tertiary alicyclic amines) is 1. The van der Waals surface area contributed by atoms with Gasteiger partial charge in [-0.1, -0.05) is 5.16 Å². The molecule has 5 heteroatoms. The molecule has 1 heterocycles. The molecule has 0 aromatic carbocycles. The number of rotatable bonds is 2. The van der Waals surface area contributed by atoms with Crippen molar-refractivity contribution < 1.29 is 10.3 Å². The highest BCUT2D eigenvalue weighted by Gasteiger charge is 2.30. The van der Waals surface area contributed by atoms with Gasteiger partial charge in [-0.05, 0) is 26.7 Å². The third-order valence-electron chi connectivity index (χ3n) is 2.97. The molecule has 0 radical (unpaired) electrons. The van der Waals surface area contributed by atoms with Gasteiger partial charge in [-0.15, -0.1) is 0 Å². The van der Waals surface area contributed by atoms with Gasteiger partial charge in [0.2, 0.25) is 0 Å². The first-order valence-electron chi connectivity index (χ1n) is 4.90. The summed E-state index contributed by atoms with van der Waals surface area (Å²) >= 11 is 0. The van der Waals surface area contributed by atoms with Crippen LogP contribution in [0.4, 0.5) is 0 Å². The molecule has 0 bridgehead atoms. The maximum absolute atomic E-state index is 9.73. The average molecular weight is 201 g/mol. The van der Waals surface area contributed by atoms with E-state index in [0.717, 1.165) is 25.9 Å². The van der Waals surface area contributed by atoms with Crippen LogP contribution in [0, 0.1) is 0 Å². The van der Waals surface area contributed by atoms with E-state index in [2.05, 4.69) is 10.1 Å². The highest BCUT2D eigenvalue weighted by atomic mass is 16.4. The molecule has 0 aromatic heterocycles. The molecule has 0 aromatic rings. The van der Waals surface area contributed by atoms with Crippen LogP contribution in [0.2, 0.25) is 0 Å². The van der Waals surface area contributed by atoms with E-state index in [9.17, 15) is 5.11 Å². The van der Waals surface area contributed by atoms with E-state index < -0.39 is 5.60 Å². The lowest BCUT2D eigenvalue weighted by Gasteiger charge is -2.38. The monoisotopic (exact) mass is 201 g/mol. The number of nitrogens with zero attached hydrogens (tertiary/aromatic N) is 2. The topological polar surface area (TPSA) is 82.1 Å². The SMILES string of the molecule is CC(C(N)=NO)N1CCC(C)(O)CC1. The van der Waals surface area contributed by atoms with Gasteiger partial charge in [0.1, 0.15) is 0 Å². The lowest BCUT2D eigenvalue weighted by atomic mass is 9.93. The van der Waals surface area contributed by atoms with E-state index in [1.165, 1.54) is 0 Å². The van der Waals surface area contributed by atoms with Gasteiger partial charge in [-0.25, -0.2) is 0 Å². The first-order chi connectivity index (χ1) is 6.46. The second-order valence-corrected chi connectivity index (χ2v) is 4.23. The van der Waals surface area contributed by atoms with Crippen LogP contribution in [0.15, 0.2) is 5.16 Å². The number of hydrogen-bond acceptors (Lipinski definition) is 4. The van der Waals surface area contributed by atoms with E-state index in [1.807, 2.05) is 13.8 Å². The number of oxime groups is 1. The summed E-state index contributed by atoms with van der Waals surface area (Å²) in [6, 6.07) is -0.0592. The van der Waals surface area contributed by atoms with Crippen LogP contribution >= 0.6 is 0 Å². The molecule has 1 rings (SSSR count). The lowest BCUT2D eigenvalue weighted by Crippen LogP contribution is -2.50. The van der Waals surface area contributed by atoms with Crippen molar-refractivity contribution in [3.8, 4) is 0 Å². The minimum absolute atomic E-state index is 0.0592. The van der Waals surface area contributed by atoms with Gasteiger partial charge < -0.3 is 16.0 Å². The summed E-state index contributed by atoms with van der Waals surface area (Å²) < 4.78 is 0. The van der Waals surface area contributed by atoms with Crippen molar-refractivity contribution in [3.05, 3.63) is 0 Å². The molecule has 0 saturated carbocycles. The number of aliphatic hydroxyl groups is 1. The Morgan fingerprint density at radius 1 is 1.50 bits per heavy atom. The molecule has 1 aliphatic rings. The van der Waals surface area contributed by atoms with Crippen molar-refractivity contribution in [3.63, 3.8) is 0 Å². The fourth-order valence-corrected chi connectivity index (χ4v) is 1.66. The Morgan fingerprint density at radius 3 is 2.43 bits per heavy atom. The third kappa shape index (κ3) is 2.59. The van der Waals surface area contributed by atoms with Gasteiger partial charge in [0, 0.05) is 13.1 Å². The highest BCUT2D eigenvalue weighted by molar-refractivity contribution is 5.84. The molecule has 0 amide bonds. The predicted octanol–water partition coefficient (Wildman–Crippen LogP) is -0.0319. The molecule has 82 valence electrons. The molecule has 1 atom stereocenters. The van der Waals surface area contributed by atoms with Crippen molar-refractivity contribution in [2.75, 3.05) is 13.1 Å². The van der Waals surface area contributed by atoms with Crippen LogP contribution in [-0.4, -0.2) is 45.8 Å². The van der Waals surface area contributed by atoms with Crippen molar-refractivity contribution in [2.45, 2.75) is 38.3 Å². The van der Waals surface area contributed by atoms with Crippen molar-refractivity contribution >= 4 is 5.84 Å². The van der Waals surface area contributed by atoms with Crippen LogP contribution in [0.5, 0.6) is 0 Å². The Hall–Kier alpha value is -0.810. The van der Waals surface area contributed by atoms with Crippen molar-refractivity contribution in [1.82, 2.24) is 4.90 Å². The summed E-state index contributed by atoms with van der Waals surface area (Å²) in [4.78, 5) is 2.10. The van der Waals surface area contributed by atoms with Crippen LogP contribution in [0.25, 0.3) is 0 Å². The highest BCUT2D eigenvalue weighted by Crippen LogP contribution is 2.22. The Bertz CT molecular complexity index is 218. The van der Waals surface area contributed by atoms with E-state index >= 15 is 0 Å². The summed E-state index contributed by atoms with van der Waals surface area (Å²) in [5.74, 6) is 0.228. The molecule has 1 aliphatic heterocycles. The maximum atomic E-state index is 9.73. The molecule has 1 unspecified atom stereocenters. The third-order valence-corrected chi connectivity index (χ3v) is 2.97. The Morgan fingerprint density at radius 2 is 2.00 bits per heavy atom. The number of nitrogens with two attached hydrogens (primary N) is 1. The molecular weight excluding hydrogens is 182 g/mol. The number of piperidine rings is 1. The molecule has 1 fully saturated rings. The number of amidine groups is 1. The fraction of sp³-hybridized carbons (Fsp3) is 0.889. The summed E-state index contributed by atoms with van der Waals surface area (Å²) in [5.41, 5.74) is 4.96. The van der Waals surface area contributed by atoms with Gasteiger partial charge >= 0.3 is 0 Å². The molecule has 14 heavy (non-hydrogen) atoms.